The summed E-state index contributed by atoms with van der Waals surface area (Å²) in [5, 5.41) is 6.04. The summed E-state index contributed by atoms with van der Waals surface area (Å²) in [4.78, 5) is 22.3. The topological polar surface area (TPSA) is 79.2 Å². The predicted octanol–water partition coefficient (Wildman–Crippen LogP) is 4.47. The maximum absolute atomic E-state index is 14.1. The fourth-order valence-electron chi connectivity index (χ4n) is 3.68. The number of aromatic amines is 1. The maximum atomic E-state index is 14.1. The van der Waals surface area contributed by atoms with Crippen LogP contribution in [-0.2, 0) is 6.18 Å². The molecule has 0 atom stereocenters. The second kappa shape index (κ2) is 7.69. The first-order chi connectivity index (χ1) is 15.7. The number of carbonyl (C=O) groups is 1. The van der Waals surface area contributed by atoms with Crippen LogP contribution in [0.3, 0.4) is 0 Å². The minimum atomic E-state index is -4.74. The predicted molar refractivity (Wildman–Crippen MR) is 111 cm³/mol. The van der Waals surface area contributed by atoms with Crippen molar-refractivity contribution in [3.8, 4) is 11.1 Å². The number of nitrogens with one attached hydrogen (secondary N) is 1. The summed E-state index contributed by atoms with van der Waals surface area (Å²) in [6.45, 7) is 0.129. The highest BCUT2D eigenvalue weighted by molar-refractivity contribution is 6.33. The molecular weight excluding hydrogens is 464 g/mol. The zero-order valence-corrected chi connectivity index (χ0v) is 17.3. The number of imidazole rings is 1. The van der Waals surface area contributed by atoms with Gasteiger partial charge in [0, 0.05) is 42.8 Å². The summed E-state index contributed by atoms with van der Waals surface area (Å²) >= 11 is 6.34. The Morgan fingerprint density at radius 1 is 1.24 bits per heavy atom. The molecule has 1 N–H and O–H groups in total. The van der Waals surface area contributed by atoms with E-state index in [1.54, 1.807) is 6.08 Å². The third-order valence-corrected chi connectivity index (χ3v) is 5.63. The van der Waals surface area contributed by atoms with Crippen molar-refractivity contribution in [2.75, 3.05) is 13.1 Å². The van der Waals surface area contributed by atoms with E-state index in [0.29, 0.717) is 11.1 Å². The molecule has 1 aliphatic heterocycles. The van der Waals surface area contributed by atoms with E-state index in [4.69, 9.17) is 11.6 Å². The van der Waals surface area contributed by atoms with E-state index < -0.39 is 29.1 Å². The van der Waals surface area contributed by atoms with Gasteiger partial charge >= 0.3 is 6.18 Å². The lowest BCUT2D eigenvalue weighted by atomic mass is 10.1. The van der Waals surface area contributed by atoms with E-state index in [9.17, 15) is 22.4 Å². The fourth-order valence-corrected chi connectivity index (χ4v) is 3.93. The van der Waals surface area contributed by atoms with E-state index >= 15 is 0 Å². The van der Waals surface area contributed by atoms with Gasteiger partial charge in [-0.25, -0.2) is 9.37 Å². The second-order valence-electron chi connectivity index (χ2n) is 7.32. The average Bonchev–Trinajstić information content (AvgIpc) is 3.53. The quantitative estimate of drug-likeness (QED) is 0.442. The zero-order valence-electron chi connectivity index (χ0n) is 16.6. The number of H-pyrrole nitrogens is 1. The molecule has 0 aromatic carbocycles. The number of aromatic nitrogens is 5. The van der Waals surface area contributed by atoms with Gasteiger partial charge in [-0.1, -0.05) is 17.7 Å². The lowest BCUT2D eigenvalue weighted by Gasteiger charge is -2.15. The molecule has 168 valence electrons. The molecule has 0 aliphatic carbocycles. The fraction of sp³-hybridized carbons (Fsp3) is 0.143. The molecule has 0 saturated carbocycles. The maximum Gasteiger partial charge on any atom is 0.420 e. The molecule has 4 aromatic rings. The lowest BCUT2D eigenvalue weighted by Crippen LogP contribution is -2.29. The molecule has 0 bridgehead atoms. The van der Waals surface area contributed by atoms with E-state index in [1.165, 1.54) is 41.8 Å². The number of fused-ring (bicyclic) bond motifs is 1. The van der Waals surface area contributed by atoms with Crippen LogP contribution in [0.5, 0.6) is 0 Å². The minimum absolute atomic E-state index is 0.0172. The number of halogens is 5. The van der Waals surface area contributed by atoms with Crippen molar-refractivity contribution < 1.29 is 22.4 Å². The van der Waals surface area contributed by atoms with Crippen molar-refractivity contribution in [1.82, 2.24) is 29.5 Å². The van der Waals surface area contributed by atoms with Gasteiger partial charge in [0.05, 0.1) is 11.8 Å². The summed E-state index contributed by atoms with van der Waals surface area (Å²) in [5.41, 5.74) is -0.673. The van der Waals surface area contributed by atoms with Gasteiger partial charge in [-0.3, -0.25) is 19.3 Å². The number of amides is 1. The summed E-state index contributed by atoms with van der Waals surface area (Å²) in [6, 6.07) is 3.63. The molecule has 1 amide bonds. The number of carbonyl (C=O) groups excluding carboxylic acids is 1. The van der Waals surface area contributed by atoms with Gasteiger partial charge < -0.3 is 4.90 Å². The molecule has 1 aliphatic rings. The van der Waals surface area contributed by atoms with Crippen LogP contribution in [0.15, 0.2) is 49.1 Å². The summed E-state index contributed by atoms with van der Waals surface area (Å²) in [5.74, 6) is -1.21. The van der Waals surface area contributed by atoms with Gasteiger partial charge in [0.25, 0.3) is 5.91 Å². The molecule has 0 saturated heterocycles. The van der Waals surface area contributed by atoms with Crippen molar-refractivity contribution in [2.45, 2.75) is 6.18 Å². The molecule has 0 unspecified atom stereocenters. The molecule has 0 fully saturated rings. The average molecular weight is 477 g/mol. The van der Waals surface area contributed by atoms with Gasteiger partial charge in [0.2, 0.25) is 0 Å². The smallest absolute Gasteiger partial charge is 0.329 e. The van der Waals surface area contributed by atoms with Crippen LogP contribution in [-0.4, -0.2) is 48.5 Å². The van der Waals surface area contributed by atoms with Crippen molar-refractivity contribution >= 4 is 28.7 Å². The van der Waals surface area contributed by atoms with Gasteiger partial charge in [0.15, 0.2) is 11.3 Å². The van der Waals surface area contributed by atoms with Gasteiger partial charge in [-0.15, -0.1) is 0 Å². The van der Waals surface area contributed by atoms with E-state index in [0.717, 1.165) is 10.5 Å². The van der Waals surface area contributed by atoms with Crippen molar-refractivity contribution in [3.05, 3.63) is 77.0 Å². The lowest BCUT2D eigenvalue weighted by molar-refractivity contribution is -0.136. The van der Waals surface area contributed by atoms with Crippen molar-refractivity contribution in [3.63, 3.8) is 0 Å². The molecule has 4 aromatic heterocycles. The Balaban J connectivity index is 1.53. The Bertz CT molecular complexity index is 1410. The van der Waals surface area contributed by atoms with Gasteiger partial charge in [-0.2, -0.15) is 18.3 Å². The van der Waals surface area contributed by atoms with E-state index in [-0.39, 0.29) is 35.2 Å². The van der Waals surface area contributed by atoms with Crippen LogP contribution in [0.4, 0.5) is 17.6 Å². The van der Waals surface area contributed by atoms with Gasteiger partial charge in [-0.05, 0) is 23.8 Å². The highest BCUT2D eigenvalue weighted by atomic mass is 35.5. The molecule has 12 heteroatoms. The summed E-state index contributed by atoms with van der Waals surface area (Å²) in [7, 11) is 0. The standard InChI is InChI=1S/C21H13ClF4N6O/c22-18-17(20(33)31-5-3-11(9-31)16-15(23)2-1-4-27-16)30-19-14(21(24,25)26)6-12(10-32(18)19)13-7-28-29-8-13/h1-4,6-8,10H,5,9H2,(H,28,29). The molecule has 7 nitrogen and oxygen atoms in total. The van der Waals surface area contributed by atoms with E-state index in [2.05, 4.69) is 20.2 Å². The van der Waals surface area contributed by atoms with Crippen LogP contribution in [0.1, 0.15) is 21.7 Å². The Morgan fingerprint density at radius 2 is 2.06 bits per heavy atom. The molecule has 5 rings (SSSR count). The minimum Gasteiger partial charge on any atom is -0.329 e. The third kappa shape index (κ3) is 3.63. The number of hydrogen-bond donors (Lipinski definition) is 1. The van der Waals surface area contributed by atoms with Gasteiger partial charge in [0.1, 0.15) is 16.7 Å². The molecule has 5 heterocycles. The largest absolute Gasteiger partial charge is 0.420 e. The molecular formula is C21H13ClF4N6O. The molecule has 0 spiro atoms. The summed E-state index contributed by atoms with van der Waals surface area (Å²) < 4.78 is 56.5. The SMILES string of the molecule is O=C(c1nc2c(C(F)(F)F)cc(-c3cn[nH]c3)cn2c1Cl)N1CC=C(c2ncccc2F)C1. The van der Waals surface area contributed by atoms with Crippen LogP contribution in [0, 0.1) is 5.82 Å². The number of rotatable bonds is 3. The number of hydrogen-bond acceptors (Lipinski definition) is 4. The van der Waals surface area contributed by atoms with Crippen LogP contribution >= 0.6 is 11.6 Å². The summed E-state index contributed by atoms with van der Waals surface area (Å²) in [6.07, 6.45) is 2.48. The number of alkyl halides is 3. The Hall–Kier alpha value is -3.73. The highest BCUT2D eigenvalue weighted by Gasteiger charge is 2.37. The Labute approximate surface area is 188 Å². The molecule has 0 radical (unpaired) electrons. The third-order valence-electron chi connectivity index (χ3n) is 5.27. The highest BCUT2D eigenvalue weighted by Crippen LogP contribution is 2.37. The first kappa shape index (κ1) is 21.1. The first-order valence-corrected chi connectivity index (χ1v) is 9.99. The molecule has 33 heavy (non-hydrogen) atoms. The monoisotopic (exact) mass is 476 g/mol. The Morgan fingerprint density at radius 3 is 2.76 bits per heavy atom. The second-order valence-corrected chi connectivity index (χ2v) is 7.68. The Kier molecular flexibility index (Phi) is 4.93. The normalized spacial score (nSPS) is 14.2. The van der Waals surface area contributed by atoms with Crippen molar-refractivity contribution in [2.24, 2.45) is 0 Å². The first-order valence-electron chi connectivity index (χ1n) is 9.61. The zero-order chi connectivity index (χ0) is 23.3. The van der Waals surface area contributed by atoms with Crippen LogP contribution in [0.2, 0.25) is 5.15 Å². The van der Waals surface area contributed by atoms with Crippen LogP contribution < -0.4 is 0 Å². The number of pyridine rings is 2. The van der Waals surface area contributed by atoms with E-state index in [1.807, 2.05) is 0 Å². The van der Waals surface area contributed by atoms with Crippen molar-refractivity contribution in [1.29, 1.82) is 0 Å². The van der Waals surface area contributed by atoms with Crippen LogP contribution in [0.25, 0.3) is 22.3 Å². The number of nitrogens with zero attached hydrogens (tertiary/aromatic N) is 5.